The van der Waals surface area contributed by atoms with Gasteiger partial charge in [-0.25, -0.2) is 9.97 Å². The third-order valence-electron chi connectivity index (χ3n) is 5.08. The highest BCUT2D eigenvalue weighted by molar-refractivity contribution is 5.75. The number of benzene rings is 1. The van der Waals surface area contributed by atoms with Crippen molar-refractivity contribution >= 4 is 22.4 Å². The Balaban J connectivity index is 0.000000210. The SMILES string of the molecule is C[C@H]1CCC[C@H]1c1ncc2cnc3[nH]ccc3n12.Nc1ccccc1.[HH]. The second-order valence-electron chi connectivity index (χ2n) is 6.77. The van der Waals surface area contributed by atoms with Gasteiger partial charge in [-0.2, -0.15) is 0 Å². The number of imidazole rings is 1. The molecule has 3 aromatic heterocycles. The summed E-state index contributed by atoms with van der Waals surface area (Å²) >= 11 is 0. The molecule has 0 spiro atoms. The van der Waals surface area contributed by atoms with Gasteiger partial charge in [0.1, 0.15) is 5.82 Å². The predicted molar refractivity (Wildman–Crippen MR) is 104 cm³/mol. The van der Waals surface area contributed by atoms with E-state index in [1.54, 1.807) is 0 Å². The maximum absolute atomic E-state index is 5.36. The average Bonchev–Trinajstić information content (AvgIpc) is 3.33. The van der Waals surface area contributed by atoms with Crippen molar-refractivity contribution < 1.29 is 1.43 Å². The van der Waals surface area contributed by atoms with Gasteiger partial charge in [-0.15, -0.1) is 0 Å². The Hall–Kier alpha value is -2.82. The van der Waals surface area contributed by atoms with E-state index in [-0.39, 0.29) is 1.43 Å². The number of aromatic amines is 1. The number of hydrogen-bond donors (Lipinski definition) is 2. The first kappa shape index (κ1) is 15.7. The summed E-state index contributed by atoms with van der Waals surface area (Å²) in [7, 11) is 0. The molecule has 0 bridgehead atoms. The summed E-state index contributed by atoms with van der Waals surface area (Å²) in [6, 6.07) is 11.6. The van der Waals surface area contributed by atoms with Crippen LogP contribution in [-0.4, -0.2) is 19.4 Å². The van der Waals surface area contributed by atoms with Gasteiger partial charge in [-0.3, -0.25) is 4.40 Å². The maximum atomic E-state index is 5.36. The smallest absolute Gasteiger partial charge is 0.154 e. The summed E-state index contributed by atoms with van der Waals surface area (Å²) in [5.74, 6) is 2.53. The highest BCUT2D eigenvalue weighted by Crippen LogP contribution is 2.39. The van der Waals surface area contributed by atoms with Gasteiger partial charge in [0.05, 0.1) is 23.4 Å². The van der Waals surface area contributed by atoms with Crippen LogP contribution in [0.15, 0.2) is 55.0 Å². The molecule has 1 aromatic carbocycles. The molecule has 1 aliphatic rings. The van der Waals surface area contributed by atoms with Crippen LogP contribution in [0, 0.1) is 5.92 Å². The molecule has 130 valence electrons. The zero-order chi connectivity index (χ0) is 17.2. The number of H-pyrrole nitrogens is 1. The molecule has 5 nitrogen and oxygen atoms in total. The summed E-state index contributed by atoms with van der Waals surface area (Å²) in [4.78, 5) is 12.2. The van der Waals surface area contributed by atoms with Crippen molar-refractivity contribution in [2.24, 2.45) is 5.92 Å². The number of nitrogens with zero attached hydrogens (tertiary/aromatic N) is 3. The van der Waals surface area contributed by atoms with Crippen molar-refractivity contribution in [3.8, 4) is 0 Å². The first-order chi connectivity index (χ1) is 12.2. The van der Waals surface area contributed by atoms with Crippen molar-refractivity contribution in [2.45, 2.75) is 32.1 Å². The Kier molecular flexibility index (Phi) is 4.14. The second kappa shape index (κ2) is 6.59. The predicted octanol–water partition coefficient (Wildman–Crippen LogP) is 4.63. The number of fused-ring (bicyclic) bond motifs is 3. The molecular formula is C20H25N5. The number of hydrogen-bond acceptors (Lipinski definition) is 3. The standard InChI is InChI=1S/C14H16N4.C6H7N.H2/c1-9-3-2-4-11(9)14-17-8-10-7-16-13-12(18(10)14)5-6-15-13;7-6-4-2-1-3-5-6;/h5-9,11,15H,2-4H2,1H3;1-5H,7H2;1H/t9-,11+;;/m0../s1. The summed E-state index contributed by atoms with van der Waals surface area (Å²) in [6.07, 6.45) is 9.69. The fourth-order valence-corrected chi connectivity index (χ4v) is 3.74. The Morgan fingerprint density at radius 1 is 1.12 bits per heavy atom. The third-order valence-corrected chi connectivity index (χ3v) is 5.08. The van der Waals surface area contributed by atoms with Crippen LogP contribution in [0.2, 0.25) is 0 Å². The minimum atomic E-state index is 0. The Morgan fingerprint density at radius 3 is 2.60 bits per heavy atom. The van der Waals surface area contributed by atoms with Gasteiger partial charge in [0.25, 0.3) is 0 Å². The zero-order valence-electron chi connectivity index (χ0n) is 14.4. The monoisotopic (exact) mass is 335 g/mol. The van der Waals surface area contributed by atoms with E-state index in [0.717, 1.165) is 28.3 Å². The molecule has 3 N–H and O–H groups in total. The van der Waals surface area contributed by atoms with Gasteiger partial charge in [0.2, 0.25) is 0 Å². The summed E-state index contributed by atoms with van der Waals surface area (Å²) in [5, 5.41) is 0. The lowest BCUT2D eigenvalue weighted by Gasteiger charge is -2.14. The van der Waals surface area contributed by atoms with Crippen LogP contribution in [0.3, 0.4) is 0 Å². The molecule has 1 fully saturated rings. The van der Waals surface area contributed by atoms with E-state index in [0.29, 0.717) is 5.92 Å². The van der Waals surface area contributed by atoms with Gasteiger partial charge in [0, 0.05) is 19.2 Å². The molecule has 5 heteroatoms. The first-order valence-electron chi connectivity index (χ1n) is 8.84. The number of rotatable bonds is 1. The first-order valence-corrected chi connectivity index (χ1v) is 8.84. The normalized spacial score (nSPS) is 19.9. The number of nitrogens with one attached hydrogen (secondary N) is 1. The van der Waals surface area contributed by atoms with Crippen molar-refractivity contribution in [1.82, 2.24) is 19.4 Å². The van der Waals surface area contributed by atoms with E-state index >= 15 is 0 Å². The van der Waals surface area contributed by atoms with E-state index in [2.05, 4.69) is 32.3 Å². The second-order valence-corrected chi connectivity index (χ2v) is 6.77. The topological polar surface area (TPSA) is 72.0 Å². The zero-order valence-corrected chi connectivity index (χ0v) is 14.4. The molecular weight excluding hydrogens is 310 g/mol. The molecule has 4 aromatic rings. The van der Waals surface area contributed by atoms with Crippen molar-refractivity contribution in [1.29, 1.82) is 0 Å². The maximum Gasteiger partial charge on any atom is 0.154 e. The minimum Gasteiger partial charge on any atom is -0.399 e. The van der Waals surface area contributed by atoms with Crippen LogP contribution in [0.5, 0.6) is 0 Å². The van der Waals surface area contributed by atoms with Crippen molar-refractivity contribution in [3.05, 3.63) is 60.8 Å². The van der Waals surface area contributed by atoms with Gasteiger partial charge < -0.3 is 10.7 Å². The van der Waals surface area contributed by atoms with E-state index in [1.807, 2.05) is 48.9 Å². The van der Waals surface area contributed by atoms with Crippen LogP contribution in [0.1, 0.15) is 39.4 Å². The van der Waals surface area contributed by atoms with Crippen LogP contribution in [0.4, 0.5) is 5.69 Å². The summed E-state index contributed by atoms with van der Waals surface area (Å²) in [5.41, 5.74) is 9.35. The van der Waals surface area contributed by atoms with Crippen molar-refractivity contribution in [3.63, 3.8) is 0 Å². The Bertz CT molecular complexity index is 976. The fourth-order valence-electron chi connectivity index (χ4n) is 3.74. The van der Waals surface area contributed by atoms with Gasteiger partial charge in [-0.05, 0) is 37.0 Å². The molecule has 0 radical (unpaired) electrons. The molecule has 2 atom stereocenters. The number of nitrogens with two attached hydrogens (primary N) is 1. The average molecular weight is 335 g/mol. The highest BCUT2D eigenvalue weighted by Gasteiger charge is 2.28. The minimum absolute atomic E-state index is 0. The van der Waals surface area contributed by atoms with Crippen LogP contribution < -0.4 is 5.73 Å². The molecule has 3 heterocycles. The summed E-state index contributed by atoms with van der Waals surface area (Å²) in [6.45, 7) is 2.34. The molecule has 1 saturated carbocycles. The molecule has 0 aliphatic heterocycles. The van der Waals surface area contributed by atoms with E-state index in [4.69, 9.17) is 5.73 Å². The molecule has 5 rings (SSSR count). The number of aromatic nitrogens is 4. The van der Waals surface area contributed by atoms with Crippen LogP contribution in [0.25, 0.3) is 16.7 Å². The van der Waals surface area contributed by atoms with Crippen LogP contribution >= 0.6 is 0 Å². The lowest BCUT2D eigenvalue weighted by atomic mass is 9.97. The highest BCUT2D eigenvalue weighted by atomic mass is 15.1. The van der Waals surface area contributed by atoms with Crippen molar-refractivity contribution in [2.75, 3.05) is 5.73 Å². The fraction of sp³-hybridized carbons (Fsp3) is 0.300. The van der Waals surface area contributed by atoms with E-state index in [9.17, 15) is 0 Å². The molecule has 25 heavy (non-hydrogen) atoms. The van der Waals surface area contributed by atoms with Gasteiger partial charge >= 0.3 is 0 Å². The van der Waals surface area contributed by atoms with Gasteiger partial charge in [0.15, 0.2) is 5.65 Å². The van der Waals surface area contributed by atoms with Crippen LogP contribution in [-0.2, 0) is 0 Å². The lowest BCUT2D eigenvalue weighted by Crippen LogP contribution is -2.07. The molecule has 0 amide bonds. The Morgan fingerprint density at radius 2 is 1.92 bits per heavy atom. The third kappa shape index (κ3) is 2.97. The number of nitrogen functional groups attached to an aromatic ring is 1. The lowest BCUT2D eigenvalue weighted by molar-refractivity contribution is 0.510. The number of anilines is 1. The van der Waals surface area contributed by atoms with E-state index in [1.165, 1.54) is 25.1 Å². The summed E-state index contributed by atoms with van der Waals surface area (Å²) < 4.78 is 2.27. The molecule has 0 unspecified atom stereocenters. The number of para-hydroxylation sites is 1. The van der Waals surface area contributed by atoms with Gasteiger partial charge in [-0.1, -0.05) is 31.5 Å². The quantitative estimate of drug-likeness (QED) is 0.498. The largest absolute Gasteiger partial charge is 0.399 e. The molecule has 1 aliphatic carbocycles. The van der Waals surface area contributed by atoms with E-state index < -0.39 is 0 Å². The Labute approximate surface area is 148 Å². The molecule has 0 saturated heterocycles.